The summed E-state index contributed by atoms with van der Waals surface area (Å²) >= 11 is 0. The highest BCUT2D eigenvalue weighted by Crippen LogP contribution is 2.10. The molecule has 0 bridgehead atoms. The number of rotatable bonds is 3. The van der Waals surface area contributed by atoms with E-state index >= 15 is 0 Å². The molecule has 1 amide bonds. The van der Waals surface area contributed by atoms with Gasteiger partial charge in [0, 0.05) is 19.1 Å². The Morgan fingerprint density at radius 3 is 2.53 bits per heavy atom. The van der Waals surface area contributed by atoms with Crippen molar-refractivity contribution in [2.75, 3.05) is 0 Å². The number of carbonyl (C=O) groups is 1. The van der Waals surface area contributed by atoms with E-state index in [0.717, 1.165) is 0 Å². The van der Waals surface area contributed by atoms with Crippen LogP contribution in [-0.4, -0.2) is 17.0 Å². The van der Waals surface area contributed by atoms with Gasteiger partial charge in [-0.2, -0.15) is 5.10 Å². The number of nitrogens with one attached hydrogen (secondary N) is 1. The minimum Gasteiger partial charge on any atom is -0.274 e. The third-order valence-corrected chi connectivity index (χ3v) is 1.54. The number of benzene rings is 1. The molecule has 78 valence electrons. The zero-order valence-corrected chi connectivity index (χ0v) is 8.01. The van der Waals surface area contributed by atoms with Gasteiger partial charge in [-0.1, -0.05) is 0 Å². The topological polar surface area (TPSA) is 84.6 Å². The molecular weight excluding hydrogens is 198 g/mol. The molecule has 0 unspecified atom stereocenters. The van der Waals surface area contributed by atoms with Crippen molar-refractivity contribution in [3.8, 4) is 0 Å². The number of nitrogens with zero attached hydrogens (tertiary/aromatic N) is 2. The first-order valence-electron chi connectivity index (χ1n) is 4.13. The Kier molecular flexibility index (Phi) is 3.50. The van der Waals surface area contributed by atoms with Crippen LogP contribution >= 0.6 is 0 Å². The van der Waals surface area contributed by atoms with Gasteiger partial charge < -0.3 is 0 Å². The third kappa shape index (κ3) is 3.55. The maximum Gasteiger partial charge on any atom is 0.269 e. The van der Waals surface area contributed by atoms with Crippen LogP contribution in [0.3, 0.4) is 0 Å². The van der Waals surface area contributed by atoms with Crippen molar-refractivity contribution in [1.82, 2.24) is 5.43 Å². The number of hydrogen-bond acceptors (Lipinski definition) is 4. The zero-order chi connectivity index (χ0) is 11.3. The van der Waals surface area contributed by atoms with Gasteiger partial charge >= 0.3 is 0 Å². The lowest BCUT2D eigenvalue weighted by Gasteiger charge is -1.93. The molecule has 1 rings (SSSR count). The first-order valence-corrected chi connectivity index (χ1v) is 4.13. The Balaban J connectivity index is 2.68. The number of nitro groups is 1. The first kappa shape index (κ1) is 10.8. The van der Waals surface area contributed by atoms with Gasteiger partial charge in [0.2, 0.25) is 5.91 Å². The first-order chi connectivity index (χ1) is 7.09. The monoisotopic (exact) mass is 207 g/mol. The molecule has 6 nitrogen and oxygen atoms in total. The van der Waals surface area contributed by atoms with Crippen LogP contribution in [-0.2, 0) is 4.79 Å². The zero-order valence-electron chi connectivity index (χ0n) is 8.01. The summed E-state index contributed by atoms with van der Waals surface area (Å²) in [6.45, 7) is 1.34. The highest BCUT2D eigenvalue weighted by atomic mass is 16.6. The largest absolute Gasteiger partial charge is 0.274 e. The molecule has 0 aliphatic carbocycles. The standard InChI is InChI=1S/C9H9N3O3/c1-7(13)11-10-6-8-2-4-9(5-3-8)12(14)15/h2-6H,1H3,(H,11,13)/b10-6+. The van der Waals surface area contributed by atoms with Crippen LogP contribution < -0.4 is 5.43 Å². The molecule has 15 heavy (non-hydrogen) atoms. The van der Waals surface area contributed by atoms with Gasteiger partial charge in [0.15, 0.2) is 0 Å². The second-order valence-corrected chi connectivity index (χ2v) is 2.77. The van der Waals surface area contributed by atoms with E-state index in [0.29, 0.717) is 5.56 Å². The SMILES string of the molecule is CC(=O)N/N=C/c1ccc([N+](=O)[O-])cc1. The summed E-state index contributed by atoms with van der Waals surface area (Å²) in [6, 6.07) is 5.83. The number of nitro benzene ring substituents is 1. The van der Waals surface area contributed by atoms with E-state index in [1.165, 1.54) is 25.3 Å². The Bertz CT molecular complexity index is 398. The minimum absolute atomic E-state index is 0.0201. The third-order valence-electron chi connectivity index (χ3n) is 1.54. The number of non-ortho nitro benzene ring substituents is 1. The van der Waals surface area contributed by atoms with Crippen molar-refractivity contribution >= 4 is 17.8 Å². The van der Waals surface area contributed by atoms with Crippen molar-refractivity contribution < 1.29 is 9.72 Å². The fraction of sp³-hybridized carbons (Fsp3) is 0.111. The Morgan fingerprint density at radius 1 is 1.47 bits per heavy atom. The summed E-state index contributed by atoms with van der Waals surface area (Å²) in [6.07, 6.45) is 1.41. The summed E-state index contributed by atoms with van der Waals surface area (Å²) in [7, 11) is 0. The molecule has 0 radical (unpaired) electrons. The molecule has 0 aliphatic rings. The number of hydrogen-bond donors (Lipinski definition) is 1. The number of hydrazone groups is 1. The molecule has 0 spiro atoms. The van der Waals surface area contributed by atoms with Gasteiger partial charge in [0.25, 0.3) is 5.69 Å². The molecule has 0 atom stereocenters. The minimum atomic E-state index is -0.477. The molecule has 1 N–H and O–H groups in total. The molecule has 0 saturated heterocycles. The predicted molar refractivity (Wildman–Crippen MR) is 54.5 cm³/mol. The quantitative estimate of drug-likeness (QED) is 0.457. The molecule has 0 fully saturated rings. The van der Waals surface area contributed by atoms with E-state index < -0.39 is 4.92 Å². The Morgan fingerprint density at radius 2 is 2.07 bits per heavy atom. The fourth-order valence-electron chi connectivity index (χ4n) is 0.880. The van der Waals surface area contributed by atoms with Gasteiger partial charge in [-0.25, -0.2) is 5.43 Å². The molecule has 6 heteroatoms. The fourth-order valence-corrected chi connectivity index (χ4v) is 0.880. The highest BCUT2D eigenvalue weighted by Gasteiger charge is 2.02. The summed E-state index contributed by atoms with van der Waals surface area (Å²) in [5.41, 5.74) is 2.92. The van der Waals surface area contributed by atoms with Crippen LogP contribution in [0, 0.1) is 10.1 Å². The maximum absolute atomic E-state index is 10.5. The van der Waals surface area contributed by atoms with Crippen molar-refractivity contribution in [3.05, 3.63) is 39.9 Å². The van der Waals surface area contributed by atoms with Crippen LogP contribution in [0.25, 0.3) is 0 Å². The smallest absolute Gasteiger partial charge is 0.269 e. The normalized spacial score (nSPS) is 10.2. The number of carbonyl (C=O) groups excluding carboxylic acids is 1. The average Bonchev–Trinajstić information content (AvgIpc) is 2.18. The lowest BCUT2D eigenvalue weighted by atomic mass is 10.2. The van der Waals surface area contributed by atoms with Crippen LogP contribution in [0.5, 0.6) is 0 Å². The molecule has 0 aromatic heterocycles. The molecule has 0 saturated carbocycles. The van der Waals surface area contributed by atoms with E-state index in [9.17, 15) is 14.9 Å². The van der Waals surface area contributed by atoms with E-state index in [1.807, 2.05) is 0 Å². The highest BCUT2D eigenvalue weighted by molar-refractivity contribution is 5.81. The van der Waals surface area contributed by atoms with E-state index in [2.05, 4.69) is 10.5 Å². The van der Waals surface area contributed by atoms with Crippen molar-refractivity contribution in [1.29, 1.82) is 0 Å². The Hall–Kier alpha value is -2.24. The predicted octanol–water partition coefficient (Wildman–Crippen LogP) is 1.06. The second kappa shape index (κ2) is 4.85. The second-order valence-electron chi connectivity index (χ2n) is 2.77. The van der Waals surface area contributed by atoms with E-state index in [-0.39, 0.29) is 11.6 Å². The van der Waals surface area contributed by atoms with Crippen molar-refractivity contribution in [3.63, 3.8) is 0 Å². The molecule has 1 aromatic rings. The summed E-state index contributed by atoms with van der Waals surface area (Å²) < 4.78 is 0. The van der Waals surface area contributed by atoms with E-state index in [4.69, 9.17) is 0 Å². The van der Waals surface area contributed by atoms with Gasteiger partial charge in [-0.3, -0.25) is 14.9 Å². The van der Waals surface area contributed by atoms with Crippen molar-refractivity contribution in [2.24, 2.45) is 5.10 Å². The number of amides is 1. The van der Waals surface area contributed by atoms with Crippen LogP contribution in [0.2, 0.25) is 0 Å². The van der Waals surface area contributed by atoms with Gasteiger partial charge in [0.05, 0.1) is 11.1 Å². The van der Waals surface area contributed by atoms with Crippen LogP contribution in [0.4, 0.5) is 5.69 Å². The summed E-state index contributed by atoms with van der Waals surface area (Å²) in [4.78, 5) is 20.3. The summed E-state index contributed by atoms with van der Waals surface area (Å²) in [5.74, 6) is -0.270. The maximum atomic E-state index is 10.5. The molecule has 0 aliphatic heterocycles. The van der Waals surface area contributed by atoms with Crippen LogP contribution in [0.1, 0.15) is 12.5 Å². The van der Waals surface area contributed by atoms with Gasteiger partial charge in [-0.05, 0) is 17.7 Å². The van der Waals surface area contributed by atoms with Gasteiger partial charge in [-0.15, -0.1) is 0 Å². The van der Waals surface area contributed by atoms with Gasteiger partial charge in [0.1, 0.15) is 0 Å². The molecule has 1 aromatic carbocycles. The van der Waals surface area contributed by atoms with E-state index in [1.54, 1.807) is 12.1 Å². The lowest BCUT2D eigenvalue weighted by Crippen LogP contribution is -2.12. The summed E-state index contributed by atoms with van der Waals surface area (Å²) in [5, 5.41) is 14.0. The van der Waals surface area contributed by atoms with Crippen LogP contribution in [0.15, 0.2) is 29.4 Å². The average molecular weight is 207 g/mol. The molecule has 0 heterocycles. The van der Waals surface area contributed by atoms with Crippen molar-refractivity contribution in [2.45, 2.75) is 6.92 Å². The molecular formula is C9H9N3O3. The lowest BCUT2D eigenvalue weighted by molar-refractivity contribution is -0.384. The Labute approximate surface area is 85.8 Å².